The average Bonchev–Trinajstić information content (AvgIpc) is 2.37. The summed E-state index contributed by atoms with van der Waals surface area (Å²) in [5.41, 5.74) is -0.601. The molecule has 5 heteroatoms. The number of aldehydes is 1. The van der Waals surface area contributed by atoms with E-state index < -0.39 is 17.6 Å². The fourth-order valence-corrected chi connectivity index (χ4v) is 1.72. The number of alkyl halides is 3. The molecule has 0 aliphatic heterocycles. The van der Waals surface area contributed by atoms with Crippen LogP contribution >= 0.6 is 0 Å². The molecule has 0 fully saturated rings. The van der Waals surface area contributed by atoms with Gasteiger partial charge >= 0.3 is 6.18 Å². The van der Waals surface area contributed by atoms with Crippen molar-refractivity contribution in [2.24, 2.45) is 0 Å². The zero-order valence-electron chi connectivity index (χ0n) is 9.54. The van der Waals surface area contributed by atoms with Crippen molar-refractivity contribution in [3.05, 3.63) is 59.4 Å². The van der Waals surface area contributed by atoms with E-state index in [1.807, 2.05) is 0 Å². The van der Waals surface area contributed by atoms with E-state index >= 15 is 0 Å². The highest BCUT2D eigenvalue weighted by Crippen LogP contribution is 2.33. The van der Waals surface area contributed by atoms with E-state index in [4.69, 9.17) is 0 Å². The molecule has 2 rings (SSSR count). The second kappa shape index (κ2) is 4.84. The Morgan fingerprint density at radius 1 is 0.947 bits per heavy atom. The summed E-state index contributed by atoms with van der Waals surface area (Å²) in [5.74, 6) is -0.553. The van der Waals surface area contributed by atoms with E-state index in [1.54, 1.807) is 0 Å². The minimum atomic E-state index is -4.55. The Labute approximate surface area is 106 Å². The van der Waals surface area contributed by atoms with Gasteiger partial charge in [0.2, 0.25) is 0 Å². The Morgan fingerprint density at radius 3 is 2.26 bits per heavy atom. The van der Waals surface area contributed by atoms with E-state index in [0.717, 1.165) is 18.2 Å². The number of hydrogen-bond acceptors (Lipinski definition) is 1. The zero-order valence-corrected chi connectivity index (χ0v) is 9.54. The van der Waals surface area contributed by atoms with E-state index in [1.165, 1.54) is 24.3 Å². The third-order valence-corrected chi connectivity index (χ3v) is 2.58. The van der Waals surface area contributed by atoms with Crippen molar-refractivity contribution in [3.8, 4) is 11.1 Å². The fourth-order valence-electron chi connectivity index (χ4n) is 1.72. The molecule has 2 aromatic rings. The topological polar surface area (TPSA) is 17.1 Å². The van der Waals surface area contributed by atoms with Crippen molar-refractivity contribution in [1.29, 1.82) is 0 Å². The minimum Gasteiger partial charge on any atom is -0.298 e. The lowest BCUT2D eigenvalue weighted by atomic mass is 10.00. The van der Waals surface area contributed by atoms with Crippen LogP contribution in [0.5, 0.6) is 0 Å². The standard InChI is InChI=1S/C14H8F4O/c15-13-3-1-2-10(7-13)11-4-9(8-19)5-12(6-11)14(16,17)18/h1-8H. The zero-order chi connectivity index (χ0) is 14.0. The van der Waals surface area contributed by atoms with Crippen LogP contribution in [0.25, 0.3) is 11.1 Å². The van der Waals surface area contributed by atoms with Gasteiger partial charge in [-0.25, -0.2) is 4.39 Å². The predicted molar refractivity (Wildman–Crippen MR) is 62.2 cm³/mol. The van der Waals surface area contributed by atoms with Gasteiger partial charge in [0.25, 0.3) is 0 Å². The van der Waals surface area contributed by atoms with Gasteiger partial charge in [0.05, 0.1) is 5.56 Å². The van der Waals surface area contributed by atoms with Gasteiger partial charge in [0.15, 0.2) is 0 Å². The highest BCUT2D eigenvalue weighted by atomic mass is 19.4. The largest absolute Gasteiger partial charge is 0.416 e. The summed E-state index contributed by atoms with van der Waals surface area (Å²) in [7, 11) is 0. The van der Waals surface area contributed by atoms with E-state index in [-0.39, 0.29) is 16.7 Å². The quantitative estimate of drug-likeness (QED) is 0.585. The average molecular weight is 268 g/mol. The molecule has 1 nitrogen and oxygen atoms in total. The SMILES string of the molecule is O=Cc1cc(-c2cccc(F)c2)cc(C(F)(F)F)c1. The van der Waals surface area contributed by atoms with E-state index in [0.29, 0.717) is 6.29 Å². The highest BCUT2D eigenvalue weighted by Gasteiger charge is 2.31. The molecule has 0 aromatic heterocycles. The Bertz CT molecular complexity index is 617. The molecule has 0 radical (unpaired) electrons. The molecule has 0 heterocycles. The van der Waals surface area contributed by atoms with Crippen LogP contribution in [-0.2, 0) is 6.18 Å². The minimum absolute atomic E-state index is 0.103. The normalized spacial score (nSPS) is 11.4. The number of carbonyl (C=O) groups excluding carboxylic acids is 1. The molecule has 0 amide bonds. The van der Waals surface area contributed by atoms with Crippen LogP contribution in [0.3, 0.4) is 0 Å². The first kappa shape index (κ1) is 13.3. The van der Waals surface area contributed by atoms with Gasteiger partial charge < -0.3 is 0 Å². The maximum Gasteiger partial charge on any atom is 0.416 e. The van der Waals surface area contributed by atoms with Crippen molar-refractivity contribution >= 4 is 6.29 Å². The molecular formula is C14H8F4O. The molecule has 0 bridgehead atoms. The Morgan fingerprint density at radius 2 is 1.68 bits per heavy atom. The summed E-state index contributed by atoms with van der Waals surface area (Å²) in [6, 6.07) is 8.12. The summed E-state index contributed by atoms with van der Waals surface area (Å²) >= 11 is 0. The van der Waals surface area contributed by atoms with Crippen LogP contribution in [-0.4, -0.2) is 6.29 Å². The first-order valence-corrected chi connectivity index (χ1v) is 5.33. The lowest BCUT2D eigenvalue weighted by Crippen LogP contribution is -2.06. The second-order valence-electron chi connectivity index (χ2n) is 3.97. The first-order valence-electron chi connectivity index (χ1n) is 5.33. The number of hydrogen-bond donors (Lipinski definition) is 0. The van der Waals surface area contributed by atoms with Gasteiger partial charge in [-0.3, -0.25) is 4.79 Å². The summed E-state index contributed by atoms with van der Waals surface area (Å²) in [5, 5.41) is 0. The fraction of sp³-hybridized carbons (Fsp3) is 0.0714. The Hall–Kier alpha value is -2.17. The monoisotopic (exact) mass is 268 g/mol. The van der Waals surface area contributed by atoms with Crippen LogP contribution in [0.2, 0.25) is 0 Å². The molecule has 0 atom stereocenters. The van der Waals surface area contributed by atoms with Crippen molar-refractivity contribution in [1.82, 2.24) is 0 Å². The molecule has 98 valence electrons. The summed E-state index contributed by atoms with van der Waals surface area (Å²) in [6.45, 7) is 0. The number of benzene rings is 2. The third kappa shape index (κ3) is 2.99. The van der Waals surface area contributed by atoms with Gasteiger partial charge in [0.1, 0.15) is 12.1 Å². The lowest BCUT2D eigenvalue weighted by molar-refractivity contribution is -0.137. The molecule has 0 spiro atoms. The van der Waals surface area contributed by atoms with Gasteiger partial charge in [-0.15, -0.1) is 0 Å². The Kier molecular flexibility index (Phi) is 3.38. The van der Waals surface area contributed by atoms with Gasteiger partial charge in [-0.1, -0.05) is 12.1 Å². The Balaban J connectivity index is 2.60. The highest BCUT2D eigenvalue weighted by molar-refractivity contribution is 5.79. The molecule has 0 saturated heterocycles. The number of rotatable bonds is 2. The summed E-state index contributed by atoms with van der Waals surface area (Å²) < 4.78 is 51.1. The molecule has 0 aliphatic carbocycles. The predicted octanol–water partition coefficient (Wildman–Crippen LogP) is 4.32. The lowest BCUT2D eigenvalue weighted by Gasteiger charge is -2.10. The molecule has 0 unspecified atom stereocenters. The number of halogens is 4. The molecule has 0 N–H and O–H groups in total. The maximum atomic E-state index is 13.1. The van der Waals surface area contributed by atoms with Crippen molar-refractivity contribution in [3.63, 3.8) is 0 Å². The third-order valence-electron chi connectivity index (χ3n) is 2.58. The van der Waals surface area contributed by atoms with E-state index in [9.17, 15) is 22.4 Å². The van der Waals surface area contributed by atoms with Crippen LogP contribution in [0.1, 0.15) is 15.9 Å². The van der Waals surface area contributed by atoms with Gasteiger partial charge in [-0.2, -0.15) is 13.2 Å². The van der Waals surface area contributed by atoms with E-state index in [2.05, 4.69) is 0 Å². The van der Waals surface area contributed by atoms with Crippen LogP contribution in [0.4, 0.5) is 17.6 Å². The molecule has 0 saturated carbocycles. The molecule has 0 aliphatic rings. The van der Waals surface area contributed by atoms with Crippen molar-refractivity contribution in [2.45, 2.75) is 6.18 Å². The summed E-state index contributed by atoms with van der Waals surface area (Å²) in [4.78, 5) is 10.7. The molecular weight excluding hydrogens is 260 g/mol. The summed E-state index contributed by atoms with van der Waals surface area (Å²) in [6.07, 6.45) is -4.22. The molecule has 2 aromatic carbocycles. The van der Waals surface area contributed by atoms with Crippen LogP contribution < -0.4 is 0 Å². The molecule has 19 heavy (non-hydrogen) atoms. The van der Waals surface area contributed by atoms with Crippen LogP contribution in [0, 0.1) is 5.82 Å². The first-order chi connectivity index (χ1) is 8.90. The van der Waals surface area contributed by atoms with Crippen molar-refractivity contribution in [2.75, 3.05) is 0 Å². The van der Waals surface area contributed by atoms with Gasteiger partial charge in [-0.05, 0) is 41.5 Å². The van der Waals surface area contributed by atoms with Gasteiger partial charge in [0, 0.05) is 5.56 Å². The van der Waals surface area contributed by atoms with Crippen LogP contribution in [0.15, 0.2) is 42.5 Å². The maximum absolute atomic E-state index is 13.1. The number of carbonyl (C=O) groups is 1. The second-order valence-corrected chi connectivity index (χ2v) is 3.97. The smallest absolute Gasteiger partial charge is 0.298 e. The van der Waals surface area contributed by atoms with Crippen molar-refractivity contribution < 1.29 is 22.4 Å².